The van der Waals surface area contributed by atoms with Crippen molar-refractivity contribution in [3.8, 4) is 0 Å². The number of hydrazone groups is 1. The van der Waals surface area contributed by atoms with Gasteiger partial charge in [-0.2, -0.15) is 5.10 Å². The number of nitrogens with zero attached hydrogens (tertiary/aromatic N) is 6. The van der Waals surface area contributed by atoms with Crippen LogP contribution in [0.3, 0.4) is 0 Å². The van der Waals surface area contributed by atoms with Crippen molar-refractivity contribution in [1.29, 1.82) is 0 Å². The normalized spacial score (nSPS) is 16.4. The standard InChI is InChI=1S/C22H21N7S/c30-21(29-15-22(16-29)13-28(14-22)19-9-3-6-12-25-19)27-26-20(17-7-1-4-10-23-17)18-8-2-5-11-24-18/h1-12H,13-16H2,(H,27,30). The number of rotatable bonds is 4. The predicted molar refractivity (Wildman–Crippen MR) is 120 cm³/mol. The summed E-state index contributed by atoms with van der Waals surface area (Å²) in [7, 11) is 0. The minimum absolute atomic E-state index is 0.303. The van der Waals surface area contributed by atoms with Gasteiger partial charge in [0.05, 0.1) is 11.4 Å². The maximum absolute atomic E-state index is 5.58. The van der Waals surface area contributed by atoms with Gasteiger partial charge in [-0.15, -0.1) is 0 Å². The maximum atomic E-state index is 5.58. The van der Waals surface area contributed by atoms with E-state index in [1.54, 1.807) is 12.4 Å². The van der Waals surface area contributed by atoms with Crippen LogP contribution < -0.4 is 10.3 Å². The predicted octanol–water partition coefficient (Wildman–Crippen LogP) is 2.32. The van der Waals surface area contributed by atoms with E-state index in [-0.39, 0.29) is 0 Å². The third kappa shape index (κ3) is 3.61. The van der Waals surface area contributed by atoms with Gasteiger partial charge in [0.25, 0.3) is 0 Å². The van der Waals surface area contributed by atoms with E-state index >= 15 is 0 Å². The van der Waals surface area contributed by atoms with Crippen molar-refractivity contribution < 1.29 is 0 Å². The zero-order chi connectivity index (χ0) is 20.4. The Morgan fingerprint density at radius 3 is 1.97 bits per heavy atom. The molecule has 3 aromatic rings. The number of nitrogens with one attached hydrogen (secondary N) is 1. The summed E-state index contributed by atoms with van der Waals surface area (Å²) in [6, 6.07) is 17.5. The van der Waals surface area contributed by atoms with E-state index in [4.69, 9.17) is 12.2 Å². The van der Waals surface area contributed by atoms with Crippen molar-refractivity contribution in [2.24, 2.45) is 10.5 Å². The highest BCUT2D eigenvalue weighted by Gasteiger charge is 2.52. The Balaban J connectivity index is 1.22. The summed E-state index contributed by atoms with van der Waals surface area (Å²) in [6.07, 6.45) is 5.33. The Labute approximate surface area is 180 Å². The minimum Gasteiger partial charge on any atom is -0.355 e. The Kier molecular flexibility index (Phi) is 4.84. The molecule has 0 amide bonds. The highest BCUT2D eigenvalue weighted by atomic mass is 32.1. The second kappa shape index (κ2) is 7.79. The Morgan fingerprint density at radius 1 is 0.833 bits per heavy atom. The van der Waals surface area contributed by atoms with Crippen molar-refractivity contribution in [2.45, 2.75) is 0 Å². The van der Waals surface area contributed by atoms with Crippen LogP contribution in [0.4, 0.5) is 5.82 Å². The summed E-state index contributed by atoms with van der Waals surface area (Å²) >= 11 is 5.58. The quantitative estimate of drug-likeness (QED) is 0.398. The molecule has 8 heteroatoms. The second-order valence-electron chi connectivity index (χ2n) is 7.71. The highest BCUT2D eigenvalue weighted by molar-refractivity contribution is 7.80. The number of hydrogen-bond acceptors (Lipinski definition) is 6. The third-order valence-electron chi connectivity index (χ3n) is 5.44. The van der Waals surface area contributed by atoms with Crippen LogP contribution in [0.25, 0.3) is 0 Å². The molecular weight excluding hydrogens is 394 g/mol. The van der Waals surface area contributed by atoms with E-state index in [2.05, 4.69) is 41.3 Å². The first-order chi connectivity index (χ1) is 14.7. The lowest BCUT2D eigenvalue weighted by Crippen LogP contribution is -2.73. The van der Waals surface area contributed by atoms with Gasteiger partial charge in [0, 0.05) is 50.2 Å². The van der Waals surface area contributed by atoms with Gasteiger partial charge in [0.15, 0.2) is 5.11 Å². The van der Waals surface area contributed by atoms with Gasteiger partial charge >= 0.3 is 0 Å². The van der Waals surface area contributed by atoms with Crippen molar-refractivity contribution in [3.05, 3.63) is 84.6 Å². The minimum atomic E-state index is 0.303. The fraction of sp³-hybridized carbons (Fsp3) is 0.227. The molecule has 3 aromatic heterocycles. The average Bonchev–Trinajstić information content (AvgIpc) is 2.74. The van der Waals surface area contributed by atoms with Crippen LogP contribution in [-0.4, -0.2) is 56.9 Å². The molecule has 5 rings (SSSR count). The molecule has 150 valence electrons. The fourth-order valence-electron chi connectivity index (χ4n) is 4.00. The molecule has 1 N–H and O–H groups in total. The summed E-state index contributed by atoms with van der Waals surface area (Å²) in [5.41, 5.74) is 5.51. The topological polar surface area (TPSA) is 69.5 Å². The first-order valence-electron chi connectivity index (χ1n) is 9.84. The highest BCUT2D eigenvalue weighted by Crippen LogP contribution is 2.41. The molecule has 30 heavy (non-hydrogen) atoms. The van der Waals surface area contributed by atoms with E-state index in [0.29, 0.717) is 16.2 Å². The van der Waals surface area contributed by atoms with E-state index in [0.717, 1.165) is 43.4 Å². The van der Waals surface area contributed by atoms with E-state index in [9.17, 15) is 0 Å². The molecule has 7 nitrogen and oxygen atoms in total. The maximum Gasteiger partial charge on any atom is 0.189 e. The smallest absolute Gasteiger partial charge is 0.189 e. The Morgan fingerprint density at radius 2 is 1.43 bits per heavy atom. The number of likely N-dealkylation sites (tertiary alicyclic amines) is 1. The molecule has 0 atom stereocenters. The number of hydrogen-bond donors (Lipinski definition) is 1. The summed E-state index contributed by atoms with van der Waals surface area (Å²) in [4.78, 5) is 17.7. The molecule has 0 aromatic carbocycles. The van der Waals surface area contributed by atoms with Crippen molar-refractivity contribution in [2.75, 3.05) is 31.1 Å². The first kappa shape index (κ1) is 18.6. The molecule has 0 bridgehead atoms. The molecule has 0 radical (unpaired) electrons. The number of anilines is 1. The molecule has 0 aliphatic carbocycles. The summed E-state index contributed by atoms with van der Waals surface area (Å²) in [6.45, 7) is 3.89. The van der Waals surface area contributed by atoms with Gasteiger partial charge in [0.1, 0.15) is 11.5 Å². The molecule has 5 heterocycles. The van der Waals surface area contributed by atoms with Gasteiger partial charge in [0.2, 0.25) is 0 Å². The van der Waals surface area contributed by atoms with Crippen molar-refractivity contribution >= 4 is 28.9 Å². The molecular formula is C22H21N7S. The third-order valence-corrected chi connectivity index (χ3v) is 5.79. The molecule has 0 saturated carbocycles. The Bertz CT molecular complexity index is 1000. The lowest BCUT2D eigenvalue weighted by molar-refractivity contribution is 0.0283. The number of thiocarbonyl (C=S) groups is 1. The summed E-state index contributed by atoms with van der Waals surface area (Å²) in [5, 5.41) is 5.19. The van der Waals surface area contributed by atoms with Gasteiger partial charge in [-0.05, 0) is 48.6 Å². The number of pyridine rings is 3. The zero-order valence-corrected chi connectivity index (χ0v) is 17.2. The van der Waals surface area contributed by atoms with Gasteiger partial charge in [-0.1, -0.05) is 18.2 Å². The molecule has 2 aliphatic rings. The number of aromatic nitrogens is 3. The SMILES string of the molecule is S=C(NN=C(c1ccccn1)c1ccccn1)N1CC2(C1)CN(c1ccccn1)C2. The zero-order valence-electron chi connectivity index (χ0n) is 16.3. The van der Waals surface area contributed by atoms with Crippen LogP contribution in [0.1, 0.15) is 11.4 Å². The molecule has 1 spiro atoms. The average molecular weight is 416 g/mol. The van der Waals surface area contributed by atoms with E-state index in [1.165, 1.54) is 0 Å². The van der Waals surface area contributed by atoms with Crippen LogP contribution in [-0.2, 0) is 0 Å². The lowest BCUT2D eigenvalue weighted by atomic mass is 9.73. The van der Waals surface area contributed by atoms with Crippen LogP contribution in [0.5, 0.6) is 0 Å². The lowest BCUT2D eigenvalue weighted by Gasteiger charge is -2.60. The second-order valence-corrected chi connectivity index (χ2v) is 8.09. The molecule has 2 saturated heterocycles. The summed E-state index contributed by atoms with van der Waals surface area (Å²) < 4.78 is 0. The van der Waals surface area contributed by atoms with Crippen LogP contribution in [0.15, 0.2) is 78.3 Å². The Hall–Kier alpha value is -3.39. The van der Waals surface area contributed by atoms with Gasteiger partial charge in [-0.25, -0.2) is 4.98 Å². The monoisotopic (exact) mass is 415 g/mol. The largest absolute Gasteiger partial charge is 0.355 e. The van der Waals surface area contributed by atoms with Crippen LogP contribution in [0, 0.1) is 5.41 Å². The molecule has 2 fully saturated rings. The van der Waals surface area contributed by atoms with Crippen molar-refractivity contribution in [1.82, 2.24) is 25.3 Å². The fourth-order valence-corrected chi connectivity index (χ4v) is 4.17. The van der Waals surface area contributed by atoms with E-state index < -0.39 is 0 Å². The van der Waals surface area contributed by atoms with Crippen LogP contribution >= 0.6 is 12.2 Å². The van der Waals surface area contributed by atoms with Crippen LogP contribution in [0.2, 0.25) is 0 Å². The van der Waals surface area contributed by atoms with Gasteiger partial charge in [-0.3, -0.25) is 15.4 Å². The van der Waals surface area contributed by atoms with E-state index in [1.807, 2.05) is 54.7 Å². The molecule has 2 aliphatic heterocycles. The first-order valence-corrected chi connectivity index (χ1v) is 10.2. The van der Waals surface area contributed by atoms with Crippen molar-refractivity contribution in [3.63, 3.8) is 0 Å². The van der Waals surface area contributed by atoms with Gasteiger partial charge < -0.3 is 9.80 Å². The molecule has 0 unspecified atom stereocenters. The summed E-state index contributed by atoms with van der Waals surface area (Å²) in [5.74, 6) is 1.04.